The van der Waals surface area contributed by atoms with Gasteiger partial charge in [0.2, 0.25) is 5.95 Å². The molecule has 2 heterocycles. The maximum absolute atomic E-state index is 13.9. The van der Waals surface area contributed by atoms with Gasteiger partial charge in [-0.15, -0.1) is 0 Å². The summed E-state index contributed by atoms with van der Waals surface area (Å²) in [6, 6.07) is 4.37. The molecule has 4 rings (SSSR count). The lowest BCUT2D eigenvalue weighted by atomic mass is 9.78. The number of nitrogen functional groups attached to an aromatic ring is 1. The van der Waals surface area contributed by atoms with Crippen LogP contribution in [0, 0.1) is 18.6 Å². The van der Waals surface area contributed by atoms with E-state index < -0.39 is 11.6 Å². The van der Waals surface area contributed by atoms with Crippen LogP contribution in [0.15, 0.2) is 18.2 Å². The molecule has 1 aliphatic carbocycles. The molecule has 6 nitrogen and oxygen atoms in total. The van der Waals surface area contributed by atoms with Gasteiger partial charge in [-0.05, 0) is 37.8 Å². The van der Waals surface area contributed by atoms with Gasteiger partial charge in [-0.1, -0.05) is 0 Å². The van der Waals surface area contributed by atoms with Gasteiger partial charge in [0.25, 0.3) is 0 Å². The number of H-pyrrole nitrogens is 1. The topological polar surface area (TPSA) is 106 Å². The predicted molar refractivity (Wildman–Crippen MR) is 102 cm³/mol. The van der Waals surface area contributed by atoms with Crippen molar-refractivity contribution < 1.29 is 8.78 Å². The summed E-state index contributed by atoms with van der Waals surface area (Å²) < 4.78 is 27.5. The fraction of sp³-hybridized carbons (Fsp3) is 0.368. The number of nitrogens with one attached hydrogen (secondary N) is 2. The molecule has 1 fully saturated rings. The molecule has 0 unspecified atom stereocenters. The van der Waals surface area contributed by atoms with Crippen molar-refractivity contribution in [2.45, 2.75) is 38.1 Å². The van der Waals surface area contributed by atoms with Crippen molar-refractivity contribution in [2.24, 2.45) is 5.73 Å². The van der Waals surface area contributed by atoms with Gasteiger partial charge in [-0.25, -0.2) is 13.8 Å². The summed E-state index contributed by atoms with van der Waals surface area (Å²) in [5.74, 6) is 0.0303. The van der Waals surface area contributed by atoms with Crippen molar-refractivity contribution in [1.29, 1.82) is 0 Å². The molecule has 8 heteroatoms. The number of anilines is 2. The maximum Gasteiger partial charge on any atom is 0.222 e. The van der Waals surface area contributed by atoms with E-state index in [1.54, 1.807) is 0 Å². The van der Waals surface area contributed by atoms with Crippen molar-refractivity contribution in [3.05, 3.63) is 46.8 Å². The number of aromatic nitrogens is 3. The predicted octanol–water partition coefficient (Wildman–Crippen LogP) is 2.99. The first kappa shape index (κ1) is 17.7. The van der Waals surface area contributed by atoms with E-state index in [-0.39, 0.29) is 12.0 Å². The van der Waals surface area contributed by atoms with Gasteiger partial charge in [0.15, 0.2) is 0 Å². The molecular weight excluding hydrogens is 350 g/mol. The molecule has 0 aliphatic heterocycles. The van der Waals surface area contributed by atoms with Crippen LogP contribution in [0.5, 0.6) is 0 Å². The molecule has 0 saturated heterocycles. The lowest BCUT2D eigenvalue weighted by Gasteiger charge is -2.32. The number of aromatic amines is 1. The number of halogens is 2. The minimum atomic E-state index is -0.584. The van der Waals surface area contributed by atoms with Gasteiger partial charge >= 0.3 is 0 Å². The van der Waals surface area contributed by atoms with E-state index in [4.69, 9.17) is 11.5 Å². The molecule has 27 heavy (non-hydrogen) atoms. The van der Waals surface area contributed by atoms with E-state index >= 15 is 0 Å². The Hall–Kier alpha value is -2.74. The van der Waals surface area contributed by atoms with Crippen molar-refractivity contribution in [2.75, 3.05) is 17.6 Å². The summed E-state index contributed by atoms with van der Waals surface area (Å²) in [6.45, 7) is 2.40. The van der Waals surface area contributed by atoms with Gasteiger partial charge in [0, 0.05) is 41.7 Å². The first-order chi connectivity index (χ1) is 12.9. The summed E-state index contributed by atoms with van der Waals surface area (Å²) >= 11 is 0. The minimum absolute atomic E-state index is 0.225. The van der Waals surface area contributed by atoms with Gasteiger partial charge in [-0.3, -0.25) is 0 Å². The highest BCUT2D eigenvalue weighted by Gasteiger charge is 2.29. The fourth-order valence-corrected chi connectivity index (χ4v) is 3.73. The highest BCUT2D eigenvalue weighted by atomic mass is 19.1. The van der Waals surface area contributed by atoms with Crippen LogP contribution < -0.4 is 16.8 Å². The molecule has 1 aromatic carbocycles. The quantitative estimate of drug-likeness (QED) is 0.551. The van der Waals surface area contributed by atoms with E-state index in [2.05, 4.69) is 20.3 Å². The monoisotopic (exact) mass is 372 g/mol. The summed E-state index contributed by atoms with van der Waals surface area (Å²) in [7, 11) is 0. The van der Waals surface area contributed by atoms with Crippen LogP contribution in [0.1, 0.15) is 35.7 Å². The third-order valence-electron chi connectivity index (χ3n) is 5.18. The first-order valence-electron chi connectivity index (χ1n) is 9.01. The van der Waals surface area contributed by atoms with E-state index in [1.165, 1.54) is 6.07 Å². The van der Waals surface area contributed by atoms with Gasteiger partial charge in [0.05, 0.1) is 11.2 Å². The molecule has 0 bridgehead atoms. The first-order valence-corrected chi connectivity index (χ1v) is 9.01. The SMILES string of the molecule is Cc1[nH]c2c(F)cc(F)cc2c1CCNc1cc(C2CC(N)C2)nc(N)n1. The van der Waals surface area contributed by atoms with Crippen LogP contribution in [0.4, 0.5) is 20.5 Å². The zero-order valence-corrected chi connectivity index (χ0v) is 15.0. The van der Waals surface area contributed by atoms with Crippen LogP contribution in [-0.2, 0) is 6.42 Å². The minimum Gasteiger partial charge on any atom is -0.370 e. The second kappa shape index (κ2) is 6.77. The Labute approximate surface area is 155 Å². The molecule has 1 aliphatic rings. The lowest BCUT2D eigenvalue weighted by molar-refractivity contribution is 0.345. The van der Waals surface area contributed by atoms with Crippen LogP contribution in [0.3, 0.4) is 0 Å². The Kier molecular flexibility index (Phi) is 4.43. The standard InChI is InChI=1S/C19H22F2N6/c1-9-13(14-6-11(20)7-15(21)18(14)25-9)2-3-24-17-8-16(26-19(23)27-17)10-4-12(22)5-10/h6-8,10,12,25H,2-5,22H2,1H3,(H3,23,24,26,27). The number of rotatable bonds is 5. The molecule has 0 atom stereocenters. The molecule has 0 spiro atoms. The van der Waals surface area contributed by atoms with Gasteiger partial charge < -0.3 is 21.8 Å². The highest BCUT2D eigenvalue weighted by molar-refractivity contribution is 5.85. The van der Waals surface area contributed by atoms with Gasteiger partial charge in [0.1, 0.15) is 17.5 Å². The summed E-state index contributed by atoms with van der Waals surface area (Å²) in [4.78, 5) is 11.5. The summed E-state index contributed by atoms with van der Waals surface area (Å²) in [6.07, 6.45) is 2.39. The van der Waals surface area contributed by atoms with Crippen LogP contribution in [0.25, 0.3) is 10.9 Å². The molecule has 142 valence electrons. The molecule has 0 radical (unpaired) electrons. The Morgan fingerprint density at radius 3 is 2.74 bits per heavy atom. The van der Waals surface area contributed by atoms with E-state index in [9.17, 15) is 8.78 Å². The highest BCUT2D eigenvalue weighted by Crippen LogP contribution is 2.35. The number of hydrogen-bond acceptors (Lipinski definition) is 5. The van der Waals surface area contributed by atoms with E-state index in [0.717, 1.165) is 35.9 Å². The van der Waals surface area contributed by atoms with Crippen molar-refractivity contribution in [3.8, 4) is 0 Å². The lowest BCUT2D eigenvalue weighted by Crippen LogP contribution is -2.35. The average Bonchev–Trinajstić information content (AvgIpc) is 2.88. The molecule has 6 N–H and O–H groups in total. The molecule has 2 aromatic heterocycles. The smallest absolute Gasteiger partial charge is 0.222 e. The van der Waals surface area contributed by atoms with Crippen LogP contribution in [0.2, 0.25) is 0 Å². The second-order valence-corrected chi connectivity index (χ2v) is 7.18. The van der Waals surface area contributed by atoms with Crippen LogP contribution in [-0.4, -0.2) is 27.5 Å². The third-order valence-corrected chi connectivity index (χ3v) is 5.18. The van der Waals surface area contributed by atoms with Crippen LogP contribution >= 0.6 is 0 Å². The van der Waals surface area contributed by atoms with E-state index in [1.807, 2.05) is 13.0 Å². The number of benzene rings is 1. The number of fused-ring (bicyclic) bond motifs is 1. The number of aryl methyl sites for hydroxylation is 1. The third kappa shape index (κ3) is 3.44. The molecule has 1 saturated carbocycles. The largest absolute Gasteiger partial charge is 0.370 e. The second-order valence-electron chi connectivity index (χ2n) is 7.18. The maximum atomic E-state index is 13.9. The Morgan fingerprint density at radius 2 is 2.00 bits per heavy atom. The fourth-order valence-electron chi connectivity index (χ4n) is 3.73. The number of nitrogens with two attached hydrogens (primary N) is 2. The average molecular weight is 372 g/mol. The Balaban J connectivity index is 1.49. The zero-order chi connectivity index (χ0) is 19.1. The number of nitrogens with zero attached hydrogens (tertiary/aromatic N) is 2. The molecule has 0 amide bonds. The molecule has 3 aromatic rings. The zero-order valence-electron chi connectivity index (χ0n) is 15.0. The Bertz CT molecular complexity index is 994. The normalized spacial score (nSPS) is 19.3. The van der Waals surface area contributed by atoms with Gasteiger partial charge in [-0.2, -0.15) is 4.98 Å². The Morgan fingerprint density at radius 1 is 1.22 bits per heavy atom. The molecular formula is C19H22F2N6. The summed E-state index contributed by atoms with van der Waals surface area (Å²) in [5, 5.41) is 3.80. The van der Waals surface area contributed by atoms with Crippen molar-refractivity contribution in [1.82, 2.24) is 15.0 Å². The number of hydrogen-bond donors (Lipinski definition) is 4. The van der Waals surface area contributed by atoms with E-state index in [0.29, 0.717) is 35.6 Å². The summed E-state index contributed by atoms with van der Waals surface area (Å²) in [5.41, 5.74) is 14.6. The van der Waals surface area contributed by atoms with Crippen molar-refractivity contribution in [3.63, 3.8) is 0 Å². The van der Waals surface area contributed by atoms with Crippen molar-refractivity contribution >= 4 is 22.7 Å².